The summed E-state index contributed by atoms with van der Waals surface area (Å²) < 4.78 is 16.5. The van der Waals surface area contributed by atoms with Crippen LogP contribution in [-0.2, 0) is 20.7 Å². The van der Waals surface area contributed by atoms with Crippen molar-refractivity contribution in [3.8, 4) is 11.5 Å². The molecule has 2 amide bonds. The molecule has 6 N–H and O–H groups in total. The summed E-state index contributed by atoms with van der Waals surface area (Å²) in [5, 5.41) is 13.8. The van der Waals surface area contributed by atoms with Gasteiger partial charge in [0.2, 0.25) is 11.8 Å². The predicted octanol–water partition coefficient (Wildman–Crippen LogP) is 2.90. The van der Waals surface area contributed by atoms with E-state index in [-0.39, 0.29) is 30.7 Å². The highest BCUT2D eigenvalue weighted by Crippen LogP contribution is 2.31. The van der Waals surface area contributed by atoms with Crippen molar-refractivity contribution >= 4 is 11.8 Å². The highest BCUT2D eigenvalue weighted by atomic mass is 16.5. The summed E-state index contributed by atoms with van der Waals surface area (Å²) in [5.74, 6) is 0.395. The van der Waals surface area contributed by atoms with Crippen LogP contribution < -0.4 is 26.3 Å². The van der Waals surface area contributed by atoms with Gasteiger partial charge in [-0.15, -0.1) is 0 Å². The lowest BCUT2D eigenvalue weighted by molar-refractivity contribution is -0.128. The quantitative estimate of drug-likeness (QED) is 0.198. The number of nitrogens with two attached hydrogens (primary N) is 2. The van der Waals surface area contributed by atoms with Gasteiger partial charge in [0, 0.05) is 38.6 Å². The van der Waals surface area contributed by atoms with Crippen LogP contribution in [0.25, 0.3) is 0 Å². The van der Waals surface area contributed by atoms with Crippen LogP contribution in [0.4, 0.5) is 0 Å². The van der Waals surface area contributed by atoms with E-state index in [0.29, 0.717) is 37.1 Å². The van der Waals surface area contributed by atoms with Crippen LogP contribution in [-0.4, -0.2) is 63.0 Å². The number of aliphatic hydroxyl groups excluding tert-OH is 1. The van der Waals surface area contributed by atoms with Crippen LogP contribution in [0.3, 0.4) is 0 Å². The van der Waals surface area contributed by atoms with Crippen LogP contribution in [0.15, 0.2) is 18.2 Å². The molecular weight excluding hydrogens is 486 g/mol. The highest BCUT2D eigenvalue weighted by molar-refractivity contribution is 5.81. The summed E-state index contributed by atoms with van der Waals surface area (Å²) in [6.45, 7) is 11.2. The van der Waals surface area contributed by atoms with E-state index < -0.39 is 29.9 Å². The molecule has 0 aliphatic rings. The van der Waals surface area contributed by atoms with Crippen molar-refractivity contribution in [3.05, 3.63) is 23.8 Å². The Hall–Kier alpha value is -2.36. The molecule has 0 saturated carbocycles. The normalized spacial score (nSPS) is 15.6. The highest BCUT2D eigenvalue weighted by Gasteiger charge is 2.30. The first-order valence-electron chi connectivity index (χ1n) is 13.7. The maximum Gasteiger partial charge on any atom is 0.223 e. The van der Waals surface area contributed by atoms with Gasteiger partial charge in [-0.1, -0.05) is 40.7 Å². The molecule has 218 valence electrons. The number of hydrogen-bond acceptors (Lipinski definition) is 7. The molecule has 38 heavy (non-hydrogen) atoms. The third kappa shape index (κ3) is 11.6. The van der Waals surface area contributed by atoms with Gasteiger partial charge in [0.1, 0.15) is 0 Å². The molecule has 0 radical (unpaired) electrons. The Kier molecular flexibility index (Phi) is 15.3. The molecule has 0 aliphatic carbocycles. The average molecular weight is 538 g/mol. The van der Waals surface area contributed by atoms with Gasteiger partial charge in [-0.2, -0.15) is 0 Å². The number of rotatable bonds is 19. The number of aliphatic hydroxyl groups is 1. The Labute approximate surface area is 229 Å². The summed E-state index contributed by atoms with van der Waals surface area (Å²) >= 11 is 0. The number of ether oxygens (including phenoxy) is 3. The third-order valence-corrected chi connectivity index (χ3v) is 7.19. The molecule has 0 spiro atoms. The van der Waals surface area contributed by atoms with E-state index in [9.17, 15) is 14.7 Å². The minimum absolute atomic E-state index is 0.00300. The van der Waals surface area contributed by atoms with Crippen LogP contribution >= 0.6 is 0 Å². The summed E-state index contributed by atoms with van der Waals surface area (Å²) in [5.41, 5.74) is 12.9. The smallest absolute Gasteiger partial charge is 0.223 e. The average Bonchev–Trinajstić information content (AvgIpc) is 2.87. The minimum Gasteiger partial charge on any atom is -0.493 e. The van der Waals surface area contributed by atoms with Gasteiger partial charge in [-0.3, -0.25) is 9.59 Å². The lowest BCUT2D eigenvalue weighted by Crippen LogP contribution is -2.44. The van der Waals surface area contributed by atoms with Crippen molar-refractivity contribution in [1.29, 1.82) is 0 Å². The molecule has 0 bridgehead atoms. The number of benzene rings is 1. The fourth-order valence-corrected chi connectivity index (χ4v) is 4.35. The number of amides is 2. The van der Waals surface area contributed by atoms with Gasteiger partial charge in [0.25, 0.3) is 0 Å². The van der Waals surface area contributed by atoms with E-state index >= 15 is 0 Å². The molecule has 1 aromatic rings. The number of nitrogens with one attached hydrogen (secondary N) is 1. The van der Waals surface area contributed by atoms with Crippen LogP contribution in [0.5, 0.6) is 11.5 Å². The number of methoxy groups -OCH3 is 2. The molecule has 0 unspecified atom stereocenters. The fraction of sp³-hybridized carbons (Fsp3) is 0.724. The Morgan fingerprint density at radius 3 is 2.24 bits per heavy atom. The largest absolute Gasteiger partial charge is 0.493 e. The van der Waals surface area contributed by atoms with Crippen LogP contribution in [0.1, 0.15) is 59.4 Å². The molecule has 0 aromatic heterocycles. The zero-order valence-corrected chi connectivity index (χ0v) is 24.4. The van der Waals surface area contributed by atoms with Crippen molar-refractivity contribution in [1.82, 2.24) is 5.32 Å². The van der Waals surface area contributed by atoms with E-state index in [0.717, 1.165) is 18.4 Å². The molecule has 9 nitrogen and oxygen atoms in total. The summed E-state index contributed by atoms with van der Waals surface area (Å²) in [7, 11) is 3.29. The number of carbonyl (C=O) groups is 2. The first-order chi connectivity index (χ1) is 17.9. The second kappa shape index (κ2) is 17.3. The van der Waals surface area contributed by atoms with Gasteiger partial charge in [0.05, 0.1) is 25.7 Å². The van der Waals surface area contributed by atoms with E-state index in [1.54, 1.807) is 21.1 Å². The molecule has 5 atom stereocenters. The summed E-state index contributed by atoms with van der Waals surface area (Å²) in [4.78, 5) is 24.1. The number of carbonyl (C=O) groups excluding carboxylic acids is 2. The molecule has 1 rings (SSSR count). The van der Waals surface area contributed by atoms with Gasteiger partial charge in [-0.05, 0) is 54.7 Å². The number of primary amides is 1. The molecule has 0 saturated heterocycles. The van der Waals surface area contributed by atoms with E-state index in [1.807, 2.05) is 32.0 Å². The Bertz CT molecular complexity index is 848. The molecule has 0 heterocycles. The lowest BCUT2D eigenvalue weighted by atomic mass is 9.80. The molecule has 9 heteroatoms. The van der Waals surface area contributed by atoms with Crippen molar-refractivity contribution in [3.63, 3.8) is 0 Å². The summed E-state index contributed by atoms with van der Waals surface area (Å²) in [6.07, 6.45) is 1.58. The zero-order chi connectivity index (χ0) is 28.8. The van der Waals surface area contributed by atoms with Crippen molar-refractivity contribution in [2.45, 2.75) is 72.4 Å². The van der Waals surface area contributed by atoms with E-state index in [2.05, 4.69) is 19.2 Å². The Balaban J connectivity index is 2.84. The second-order valence-corrected chi connectivity index (χ2v) is 11.0. The van der Waals surface area contributed by atoms with Gasteiger partial charge >= 0.3 is 0 Å². The lowest BCUT2D eigenvalue weighted by Gasteiger charge is -2.30. The second-order valence-electron chi connectivity index (χ2n) is 11.0. The van der Waals surface area contributed by atoms with Crippen molar-refractivity contribution in [2.75, 3.05) is 34.0 Å². The maximum atomic E-state index is 12.8. The summed E-state index contributed by atoms with van der Waals surface area (Å²) in [6, 6.07) is 5.47. The van der Waals surface area contributed by atoms with Crippen LogP contribution in [0, 0.1) is 29.6 Å². The number of hydrogen-bond donors (Lipinski definition) is 4. The topological polar surface area (TPSA) is 146 Å². The standard InChI is InChI=1S/C29H51N3O6/c1-18(2)22(13-21-9-10-26(37-7)27(14-21)38-12-8-11-36-6)15-24(30)25(33)16-23(19(3)4)29(35)32-17-20(5)28(31)34/h9-10,14,18-20,22-25,33H,8,11-13,15-17,30H2,1-7H3,(H2,31,34)(H,32,35)/t20-,22+,23+,24+,25+/m1/s1. The monoisotopic (exact) mass is 537 g/mol. The first-order valence-corrected chi connectivity index (χ1v) is 13.7. The minimum atomic E-state index is -0.835. The molecule has 0 aliphatic heterocycles. The van der Waals surface area contributed by atoms with Gasteiger partial charge in [-0.25, -0.2) is 0 Å². The predicted molar refractivity (Wildman–Crippen MR) is 150 cm³/mol. The molecular formula is C29H51N3O6. The maximum absolute atomic E-state index is 12.8. The van der Waals surface area contributed by atoms with Crippen molar-refractivity contribution in [2.24, 2.45) is 41.1 Å². The van der Waals surface area contributed by atoms with E-state index in [4.69, 9.17) is 25.7 Å². The van der Waals surface area contributed by atoms with Gasteiger partial charge < -0.3 is 36.1 Å². The van der Waals surface area contributed by atoms with E-state index in [1.165, 1.54) is 0 Å². The molecule has 0 fully saturated rings. The Morgan fingerprint density at radius 1 is 1.00 bits per heavy atom. The fourth-order valence-electron chi connectivity index (χ4n) is 4.35. The molecule has 1 aromatic carbocycles. The van der Waals surface area contributed by atoms with Crippen LogP contribution in [0.2, 0.25) is 0 Å². The zero-order valence-electron chi connectivity index (χ0n) is 24.4. The first kappa shape index (κ1) is 33.7. The SMILES string of the molecule is COCCCOc1cc(C[C@@H](C[C@H](N)[C@@H](O)C[C@H](C(=O)NC[C@@H](C)C(N)=O)C(C)C)C(C)C)ccc1OC. The van der Waals surface area contributed by atoms with Crippen molar-refractivity contribution < 1.29 is 28.9 Å². The van der Waals surface area contributed by atoms with Gasteiger partial charge in [0.15, 0.2) is 11.5 Å². The Morgan fingerprint density at radius 2 is 1.68 bits per heavy atom. The third-order valence-electron chi connectivity index (χ3n) is 7.19.